The minimum absolute atomic E-state index is 0.177. The van der Waals surface area contributed by atoms with E-state index in [0.717, 1.165) is 44.8 Å². The van der Waals surface area contributed by atoms with Crippen molar-refractivity contribution in [3.05, 3.63) is 59.5 Å². The van der Waals surface area contributed by atoms with E-state index in [9.17, 15) is 9.59 Å². The van der Waals surface area contributed by atoms with E-state index in [1.54, 1.807) is 18.2 Å². The van der Waals surface area contributed by atoms with Crippen molar-refractivity contribution >= 4 is 11.9 Å². The van der Waals surface area contributed by atoms with Gasteiger partial charge in [0.15, 0.2) is 5.76 Å². The molecule has 1 N–H and O–H groups in total. The first-order valence-electron chi connectivity index (χ1n) is 9.09. The fourth-order valence-corrected chi connectivity index (χ4v) is 3.17. The molecule has 0 aliphatic carbocycles. The van der Waals surface area contributed by atoms with E-state index < -0.39 is 0 Å². The number of carbonyl (C=O) groups excluding carboxylic acids is 2. The molecule has 0 bridgehead atoms. The molecule has 1 aliphatic heterocycles. The molecule has 0 radical (unpaired) electrons. The van der Waals surface area contributed by atoms with Crippen LogP contribution in [0.15, 0.2) is 47.1 Å². The standard InChI is InChI=1S/C20H25N3O4/c1-26-20(25)17-5-2-4-16(14-17)15-23-11-9-22(10-12-23)8-7-21-19(24)18-6-3-13-27-18/h2-6,13-14H,7-12,15H2,1H3,(H,21,24). The van der Waals surface area contributed by atoms with Crippen LogP contribution in [0.2, 0.25) is 0 Å². The third-order valence-electron chi connectivity index (χ3n) is 4.68. The molecule has 1 aromatic heterocycles. The molecule has 144 valence electrons. The van der Waals surface area contributed by atoms with Crippen molar-refractivity contribution in [3.63, 3.8) is 0 Å². The minimum atomic E-state index is -0.307. The minimum Gasteiger partial charge on any atom is -0.465 e. The summed E-state index contributed by atoms with van der Waals surface area (Å²) in [6.07, 6.45) is 1.50. The van der Waals surface area contributed by atoms with Crippen molar-refractivity contribution in [1.82, 2.24) is 15.1 Å². The van der Waals surface area contributed by atoms with Gasteiger partial charge in [-0.1, -0.05) is 12.1 Å². The molecule has 1 aromatic carbocycles. The van der Waals surface area contributed by atoms with Crippen molar-refractivity contribution in [1.29, 1.82) is 0 Å². The first-order chi connectivity index (χ1) is 13.2. The number of furan rings is 1. The highest BCUT2D eigenvalue weighted by molar-refractivity contribution is 5.91. The predicted octanol–water partition coefficient (Wildman–Crippen LogP) is 1.61. The first kappa shape index (κ1) is 19.1. The zero-order valence-electron chi connectivity index (χ0n) is 15.5. The lowest BCUT2D eigenvalue weighted by molar-refractivity contribution is 0.0600. The summed E-state index contributed by atoms with van der Waals surface area (Å²) in [5.74, 6) is -0.142. The van der Waals surface area contributed by atoms with E-state index >= 15 is 0 Å². The zero-order valence-corrected chi connectivity index (χ0v) is 15.5. The summed E-state index contributed by atoms with van der Waals surface area (Å²) in [5, 5.41) is 2.87. The maximum Gasteiger partial charge on any atom is 0.337 e. The lowest BCUT2D eigenvalue weighted by Gasteiger charge is -2.34. The van der Waals surface area contributed by atoms with Crippen molar-refractivity contribution < 1.29 is 18.7 Å². The van der Waals surface area contributed by atoms with Gasteiger partial charge in [0.25, 0.3) is 5.91 Å². The van der Waals surface area contributed by atoms with Gasteiger partial charge in [0.1, 0.15) is 0 Å². The van der Waals surface area contributed by atoms with Crippen LogP contribution >= 0.6 is 0 Å². The third-order valence-corrected chi connectivity index (χ3v) is 4.68. The van der Waals surface area contributed by atoms with E-state index in [4.69, 9.17) is 9.15 Å². The van der Waals surface area contributed by atoms with Crippen LogP contribution in [-0.2, 0) is 11.3 Å². The number of benzene rings is 1. The number of ether oxygens (including phenoxy) is 1. The second-order valence-electron chi connectivity index (χ2n) is 6.54. The Kier molecular flexibility index (Phi) is 6.62. The molecule has 1 saturated heterocycles. The van der Waals surface area contributed by atoms with E-state index in [0.29, 0.717) is 17.9 Å². The van der Waals surface area contributed by atoms with Crippen LogP contribution in [0.1, 0.15) is 26.5 Å². The number of esters is 1. The Morgan fingerprint density at radius 2 is 1.89 bits per heavy atom. The summed E-state index contributed by atoms with van der Waals surface area (Å²) < 4.78 is 9.86. The van der Waals surface area contributed by atoms with E-state index in [-0.39, 0.29) is 11.9 Å². The molecule has 0 unspecified atom stereocenters. The molecule has 27 heavy (non-hydrogen) atoms. The summed E-state index contributed by atoms with van der Waals surface area (Å²) in [4.78, 5) is 28.2. The van der Waals surface area contributed by atoms with Crippen LogP contribution in [0.5, 0.6) is 0 Å². The van der Waals surface area contributed by atoms with Crippen molar-refractivity contribution in [3.8, 4) is 0 Å². The normalized spacial score (nSPS) is 15.4. The van der Waals surface area contributed by atoms with Crippen LogP contribution in [0.3, 0.4) is 0 Å². The number of carbonyl (C=O) groups is 2. The van der Waals surface area contributed by atoms with Gasteiger partial charge in [-0.3, -0.25) is 14.6 Å². The van der Waals surface area contributed by atoms with Crippen molar-refractivity contribution in [2.24, 2.45) is 0 Å². The number of hydrogen-bond donors (Lipinski definition) is 1. The average Bonchev–Trinajstić information content (AvgIpc) is 3.24. The Morgan fingerprint density at radius 3 is 2.59 bits per heavy atom. The molecule has 7 heteroatoms. The van der Waals surface area contributed by atoms with Crippen molar-refractivity contribution in [2.75, 3.05) is 46.4 Å². The lowest BCUT2D eigenvalue weighted by atomic mass is 10.1. The number of nitrogens with zero attached hydrogens (tertiary/aromatic N) is 2. The summed E-state index contributed by atoms with van der Waals surface area (Å²) in [6, 6.07) is 10.9. The second kappa shape index (κ2) is 9.34. The van der Waals surface area contributed by atoms with Gasteiger partial charge in [-0.15, -0.1) is 0 Å². The number of piperazine rings is 1. The number of nitrogens with one attached hydrogen (secondary N) is 1. The van der Waals surface area contributed by atoms with Gasteiger partial charge in [0.05, 0.1) is 18.9 Å². The Morgan fingerprint density at radius 1 is 1.11 bits per heavy atom. The second-order valence-corrected chi connectivity index (χ2v) is 6.54. The van der Waals surface area contributed by atoms with Crippen LogP contribution in [0, 0.1) is 0 Å². The molecular weight excluding hydrogens is 346 g/mol. The highest BCUT2D eigenvalue weighted by Gasteiger charge is 2.17. The van der Waals surface area contributed by atoms with E-state index in [2.05, 4.69) is 15.1 Å². The summed E-state index contributed by atoms with van der Waals surface area (Å²) in [5.41, 5.74) is 1.69. The predicted molar refractivity (Wildman–Crippen MR) is 101 cm³/mol. The molecule has 2 aromatic rings. The Balaban J connectivity index is 1.39. The smallest absolute Gasteiger partial charge is 0.337 e. The van der Waals surface area contributed by atoms with Crippen LogP contribution in [-0.4, -0.2) is 68.1 Å². The molecule has 0 saturated carbocycles. The molecule has 0 spiro atoms. The molecule has 1 aliphatic rings. The Bertz CT molecular complexity index is 752. The molecular formula is C20H25N3O4. The van der Waals surface area contributed by atoms with Gasteiger partial charge >= 0.3 is 5.97 Å². The molecule has 3 rings (SSSR count). The Hall–Kier alpha value is -2.64. The van der Waals surface area contributed by atoms with Gasteiger partial charge in [-0.25, -0.2) is 4.79 Å². The number of hydrogen-bond acceptors (Lipinski definition) is 6. The maximum atomic E-state index is 11.8. The summed E-state index contributed by atoms with van der Waals surface area (Å²) in [6.45, 7) is 6.04. The van der Waals surface area contributed by atoms with Gasteiger partial charge in [-0.2, -0.15) is 0 Å². The van der Waals surface area contributed by atoms with E-state index in [1.807, 2.05) is 18.2 Å². The van der Waals surface area contributed by atoms with Crippen LogP contribution < -0.4 is 5.32 Å². The quantitative estimate of drug-likeness (QED) is 0.746. The number of amides is 1. The lowest BCUT2D eigenvalue weighted by Crippen LogP contribution is -2.48. The van der Waals surface area contributed by atoms with Gasteiger partial charge in [-0.05, 0) is 29.8 Å². The fraction of sp³-hybridized carbons (Fsp3) is 0.400. The number of methoxy groups -OCH3 is 1. The largest absolute Gasteiger partial charge is 0.465 e. The summed E-state index contributed by atoms with van der Waals surface area (Å²) in [7, 11) is 1.39. The average molecular weight is 371 g/mol. The van der Waals surface area contributed by atoms with Crippen molar-refractivity contribution in [2.45, 2.75) is 6.54 Å². The van der Waals surface area contributed by atoms with E-state index in [1.165, 1.54) is 13.4 Å². The van der Waals surface area contributed by atoms with Crippen LogP contribution in [0.25, 0.3) is 0 Å². The molecule has 0 atom stereocenters. The fourth-order valence-electron chi connectivity index (χ4n) is 3.17. The van der Waals surface area contributed by atoms with Crippen LogP contribution in [0.4, 0.5) is 0 Å². The number of rotatable bonds is 7. The maximum absolute atomic E-state index is 11.8. The third kappa shape index (κ3) is 5.42. The Labute approximate surface area is 158 Å². The van der Waals surface area contributed by atoms with Gasteiger partial charge in [0, 0.05) is 45.8 Å². The molecule has 1 amide bonds. The summed E-state index contributed by atoms with van der Waals surface area (Å²) >= 11 is 0. The SMILES string of the molecule is COC(=O)c1cccc(CN2CCN(CCNC(=O)c3ccco3)CC2)c1. The van der Waals surface area contributed by atoms with Gasteiger partial charge in [0.2, 0.25) is 0 Å². The highest BCUT2D eigenvalue weighted by Crippen LogP contribution is 2.11. The highest BCUT2D eigenvalue weighted by atomic mass is 16.5. The van der Waals surface area contributed by atoms with Gasteiger partial charge < -0.3 is 14.5 Å². The first-order valence-corrected chi connectivity index (χ1v) is 9.09. The molecule has 1 fully saturated rings. The molecule has 7 nitrogen and oxygen atoms in total. The monoisotopic (exact) mass is 371 g/mol. The molecule has 2 heterocycles. The zero-order chi connectivity index (χ0) is 19.1. The topological polar surface area (TPSA) is 75.0 Å².